The summed E-state index contributed by atoms with van der Waals surface area (Å²) < 4.78 is 22.2. The fraction of sp³-hybridized carbons (Fsp3) is 0.220. The van der Waals surface area contributed by atoms with E-state index < -0.39 is 12.6 Å². The van der Waals surface area contributed by atoms with Crippen molar-refractivity contribution in [2.45, 2.75) is 33.6 Å². The molecule has 0 fully saturated rings. The fourth-order valence-electron chi connectivity index (χ4n) is 7.21. The second-order valence-corrected chi connectivity index (χ2v) is 12.6. The lowest BCUT2D eigenvalue weighted by atomic mass is 10.0. The van der Waals surface area contributed by atoms with Crippen LogP contribution in [0.4, 0.5) is 0 Å². The number of ether oxygens (including phenoxy) is 3. The van der Waals surface area contributed by atoms with Gasteiger partial charge in [0.2, 0.25) is 5.78 Å². The summed E-state index contributed by atoms with van der Waals surface area (Å²) in [6, 6.07) is 24.3. The van der Waals surface area contributed by atoms with Crippen molar-refractivity contribution in [1.82, 2.24) is 18.9 Å². The molecule has 0 N–H and O–H groups in total. The monoisotopic (exact) mass is 682 g/mol. The Bertz CT molecular complexity index is 2450. The number of Topliss-reactive ketones (excluding diaryl/α,β-unsaturated/α-hetero) is 1. The number of hydrogen-bond acceptors (Lipinski definition) is 7. The highest BCUT2D eigenvalue weighted by atomic mass is 16.5. The topological polar surface area (TPSA) is 107 Å². The Hall–Kier alpha value is -6.16. The first-order valence-corrected chi connectivity index (χ1v) is 16.7. The standard InChI is InChI=1S/C41H38N4O6/c1-24-21-32(25(2)44(24)38-26(3)43(4)45(40(38)47)29-14-8-7-9-15-29)34(46)23-51-41(48)36-30-16-10-11-17-33(30)42-37-27(19-20-31(36)37)22-28-13-12-18-35(49-5)39(28)50-6/h7-18,21-22H,19-20,23H2,1-6H3/b27-22-. The average Bonchev–Trinajstić information content (AvgIpc) is 3.74. The van der Waals surface area contributed by atoms with E-state index in [2.05, 4.69) is 0 Å². The number of aryl methyl sites for hydroxylation is 1. The average molecular weight is 683 g/mol. The largest absolute Gasteiger partial charge is 0.493 e. The smallest absolute Gasteiger partial charge is 0.339 e. The molecule has 7 rings (SSSR count). The van der Waals surface area contributed by atoms with Crippen LogP contribution < -0.4 is 15.0 Å². The van der Waals surface area contributed by atoms with Crippen molar-refractivity contribution in [1.29, 1.82) is 0 Å². The first kappa shape index (κ1) is 33.3. The Morgan fingerprint density at radius 2 is 1.63 bits per heavy atom. The minimum absolute atomic E-state index is 0.204. The van der Waals surface area contributed by atoms with Gasteiger partial charge >= 0.3 is 5.97 Å². The van der Waals surface area contributed by atoms with E-state index in [-0.39, 0.29) is 11.3 Å². The Balaban J connectivity index is 1.20. The van der Waals surface area contributed by atoms with Crippen LogP contribution in [-0.4, -0.2) is 51.5 Å². The first-order chi connectivity index (χ1) is 24.6. The summed E-state index contributed by atoms with van der Waals surface area (Å²) in [4.78, 5) is 46.4. The zero-order valence-electron chi connectivity index (χ0n) is 29.4. The number of benzene rings is 3. The van der Waals surface area contributed by atoms with Crippen molar-refractivity contribution in [2.75, 3.05) is 20.8 Å². The van der Waals surface area contributed by atoms with Crippen LogP contribution in [0.15, 0.2) is 83.7 Å². The highest BCUT2D eigenvalue weighted by Crippen LogP contribution is 2.40. The van der Waals surface area contributed by atoms with E-state index in [4.69, 9.17) is 19.2 Å². The molecular formula is C41H38N4O6. The summed E-state index contributed by atoms with van der Waals surface area (Å²) in [6.07, 6.45) is 3.27. The number of esters is 1. The molecule has 0 amide bonds. The molecule has 258 valence electrons. The number of pyridine rings is 1. The summed E-state index contributed by atoms with van der Waals surface area (Å²) in [7, 11) is 5.04. The van der Waals surface area contributed by atoms with Crippen LogP contribution >= 0.6 is 0 Å². The molecule has 0 bridgehead atoms. The SMILES string of the molecule is COc1cccc(/C=C2/CCc3c2nc2ccccc2c3C(=O)OCC(=O)c2cc(C)n(-c3c(C)n(C)n(-c4ccccc4)c3=O)c2C)c1OC. The fourth-order valence-corrected chi connectivity index (χ4v) is 7.21. The van der Waals surface area contributed by atoms with E-state index in [0.717, 1.165) is 39.5 Å². The van der Waals surface area contributed by atoms with Crippen LogP contribution in [0, 0.1) is 20.8 Å². The van der Waals surface area contributed by atoms with Crippen LogP contribution in [0.1, 0.15) is 61.0 Å². The maximum absolute atomic E-state index is 13.9. The molecule has 51 heavy (non-hydrogen) atoms. The van der Waals surface area contributed by atoms with E-state index >= 15 is 0 Å². The summed E-state index contributed by atoms with van der Waals surface area (Å²) in [5.41, 5.74) is 7.81. The van der Waals surface area contributed by atoms with Crippen molar-refractivity contribution in [3.05, 3.63) is 134 Å². The number of carbonyl (C=O) groups is 2. The second-order valence-electron chi connectivity index (χ2n) is 12.6. The van der Waals surface area contributed by atoms with Gasteiger partial charge in [-0.05, 0) is 81.2 Å². The first-order valence-electron chi connectivity index (χ1n) is 16.7. The molecule has 1 aliphatic carbocycles. The lowest BCUT2D eigenvalue weighted by molar-refractivity contribution is 0.0475. The van der Waals surface area contributed by atoms with Crippen molar-refractivity contribution in [3.63, 3.8) is 0 Å². The minimum Gasteiger partial charge on any atom is -0.493 e. The van der Waals surface area contributed by atoms with Gasteiger partial charge in [-0.2, -0.15) is 0 Å². The molecule has 10 heteroatoms. The third kappa shape index (κ3) is 5.62. The number of nitrogens with zero attached hydrogens (tertiary/aromatic N) is 4. The predicted molar refractivity (Wildman–Crippen MR) is 197 cm³/mol. The third-order valence-electron chi connectivity index (χ3n) is 9.72. The molecule has 0 radical (unpaired) electrons. The Kier molecular flexibility index (Phi) is 8.68. The number of methoxy groups -OCH3 is 2. The van der Waals surface area contributed by atoms with Gasteiger partial charge < -0.3 is 18.8 Å². The zero-order valence-corrected chi connectivity index (χ0v) is 29.4. The molecule has 0 aliphatic heterocycles. The Morgan fingerprint density at radius 1 is 0.882 bits per heavy atom. The van der Waals surface area contributed by atoms with Gasteiger partial charge in [-0.3, -0.25) is 14.3 Å². The second kappa shape index (κ2) is 13.3. The molecule has 0 saturated heterocycles. The lowest BCUT2D eigenvalue weighted by Gasteiger charge is -2.13. The molecule has 0 saturated carbocycles. The summed E-state index contributed by atoms with van der Waals surface area (Å²) in [5.74, 6) is 0.287. The van der Waals surface area contributed by atoms with Crippen LogP contribution in [0.3, 0.4) is 0 Å². The van der Waals surface area contributed by atoms with E-state index in [1.807, 2.05) is 99.8 Å². The van der Waals surface area contributed by atoms with E-state index in [9.17, 15) is 14.4 Å². The molecule has 0 spiro atoms. The van der Waals surface area contributed by atoms with Crippen LogP contribution in [0.25, 0.3) is 33.9 Å². The molecule has 1 aliphatic rings. The summed E-state index contributed by atoms with van der Waals surface area (Å²) in [5, 5.41) is 0.668. The maximum Gasteiger partial charge on any atom is 0.339 e. The van der Waals surface area contributed by atoms with Gasteiger partial charge in [0.25, 0.3) is 5.56 Å². The number of hydrogen-bond donors (Lipinski definition) is 0. The van der Waals surface area contributed by atoms with Gasteiger partial charge in [-0.1, -0.05) is 48.5 Å². The lowest BCUT2D eigenvalue weighted by Crippen LogP contribution is -2.22. The molecule has 3 heterocycles. The van der Waals surface area contributed by atoms with Gasteiger partial charge in [0.05, 0.1) is 42.4 Å². The van der Waals surface area contributed by atoms with E-state index in [1.165, 1.54) is 0 Å². The van der Waals surface area contributed by atoms with Crippen LogP contribution in [0.5, 0.6) is 11.5 Å². The molecule has 10 nitrogen and oxygen atoms in total. The number of para-hydroxylation sites is 3. The van der Waals surface area contributed by atoms with Crippen molar-refractivity contribution < 1.29 is 23.8 Å². The number of rotatable bonds is 9. The zero-order chi connectivity index (χ0) is 36.0. The molecule has 6 aromatic rings. The molecule has 0 unspecified atom stereocenters. The molecular weight excluding hydrogens is 644 g/mol. The van der Waals surface area contributed by atoms with Gasteiger partial charge in [0.15, 0.2) is 18.1 Å². The Morgan fingerprint density at radius 3 is 2.37 bits per heavy atom. The third-order valence-corrected chi connectivity index (χ3v) is 9.72. The Labute approximate surface area is 295 Å². The highest BCUT2D eigenvalue weighted by molar-refractivity contribution is 6.08. The van der Waals surface area contributed by atoms with Crippen molar-refractivity contribution >= 4 is 34.3 Å². The van der Waals surface area contributed by atoms with Gasteiger partial charge in [0.1, 0.15) is 5.69 Å². The number of fused-ring (bicyclic) bond motifs is 2. The molecule has 0 atom stereocenters. The van der Waals surface area contributed by atoms with E-state index in [1.54, 1.807) is 41.1 Å². The van der Waals surface area contributed by atoms with Crippen LogP contribution in [-0.2, 0) is 18.2 Å². The highest BCUT2D eigenvalue weighted by Gasteiger charge is 2.29. The van der Waals surface area contributed by atoms with Crippen molar-refractivity contribution in [3.8, 4) is 22.9 Å². The normalized spacial score (nSPS) is 13.1. The summed E-state index contributed by atoms with van der Waals surface area (Å²) in [6.45, 7) is 5.08. The number of allylic oxidation sites excluding steroid dienone is 1. The quantitative estimate of drug-likeness (QED) is 0.120. The summed E-state index contributed by atoms with van der Waals surface area (Å²) >= 11 is 0. The van der Waals surface area contributed by atoms with E-state index in [0.29, 0.717) is 57.8 Å². The van der Waals surface area contributed by atoms with Gasteiger partial charge in [0, 0.05) is 34.9 Å². The molecule has 3 aromatic carbocycles. The predicted octanol–water partition coefficient (Wildman–Crippen LogP) is 6.98. The minimum atomic E-state index is -0.586. The molecule has 3 aromatic heterocycles. The van der Waals surface area contributed by atoms with Crippen molar-refractivity contribution in [2.24, 2.45) is 7.05 Å². The van der Waals surface area contributed by atoms with Crippen LogP contribution in [0.2, 0.25) is 0 Å². The number of ketones is 1. The van der Waals surface area contributed by atoms with Gasteiger partial charge in [-0.15, -0.1) is 0 Å². The maximum atomic E-state index is 13.9. The number of carbonyl (C=O) groups excluding carboxylic acids is 2. The number of aromatic nitrogens is 4. The van der Waals surface area contributed by atoms with Gasteiger partial charge in [-0.25, -0.2) is 14.5 Å².